The Morgan fingerprint density at radius 3 is 0.521 bits per heavy atom. The topological polar surface area (TPSA) is 109 Å². The predicted molar refractivity (Wildman–Crippen MR) is 208 cm³/mol. The Morgan fingerprint density at radius 2 is 0.375 bits per heavy atom. The first-order chi connectivity index (χ1) is 23.6. The number of rotatable bonds is 12. The standard InChI is InChI=1S/C36H36N9P3/c1-7-19-31(20-8-1)37-46(38-32-21-9-2-10-22-32)43-47(39-33-23-11-3-12-24-33,40-34-25-13-4-14-26-34)45-48(44-46,41-35-27-15-5-16-28-35)42-36-29-17-6-18-30-36/h1-30,37-42H. The van der Waals surface area contributed by atoms with Gasteiger partial charge in [0.25, 0.3) is 22.5 Å². The molecule has 6 aromatic carbocycles. The second-order valence-electron chi connectivity index (χ2n) is 10.9. The van der Waals surface area contributed by atoms with Crippen molar-refractivity contribution in [3.05, 3.63) is 182 Å². The van der Waals surface area contributed by atoms with Crippen molar-refractivity contribution in [2.24, 2.45) is 13.5 Å². The minimum atomic E-state index is -3.12. The second kappa shape index (κ2) is 14.3. The lowest BCUT2D eigenvalue weighted by molar-refractivity contribution is 1.49. The fraction of sp³-hybridized carbons (Fsp3) is 0. The van der Waals surface area contributed by atoms with Crippen molar-refractivity contribution in [1.82, 2.24) is 0 Å². The van der Waals surface area contributed by atoms with Crippen LogP contribution >= 0.6 is 22.5 Å². The van der Waals surface area contributed by atoms with Gasteiger partial charge >= 0.3 is 0 Å². The highest BCUT2D eigenvalue weighted by atomic mass is 31.3. The summed E-state index contributed by atoms with van der Waals surface area (Å²) in [7, 11) is -9.36. The van der Waals surface area contributed by atoms with E-state index in [-0.39, 0.29) is 0 Å². The summed E-state index contributed by atoms with van der Waals surface area (Å²) >= 11 is 0. The molecule has 0 saturated heterocycles. The van der Waals surface area contributed by atoms with Crippen molar-refractivity contribution in [3.8, 4) is 0 Å². The molecule has 0 bridgehead atoms. The van der Waals surface area contributed by atoms with E-state index in [1.165, 1.54) is 0 Å². The molecule has 0 atom stereocenters. The van der Waals surface area contributed by atoms with Crippen molar-refractivity contribution in [2.45, 2.75) is 0 Å². The van der Waals surface area contributed by atoms with Crippen LogP contribution < -0.4 is 30.5 Å². The van der Waals surface area contributed by atoms with Gasteiger partial charge in [-0.25, -0.2) is 0 Å². The van der Waals surface area contributed by atoms with E-state index in [1.54, 1.807) is 0 Å². The molecule has 6 N–H and O–H groups in total. The third-order valence-electron chi connectivity index (χ3n) is 7.13. The van der Waals surface area contributed by atoms with Crippen LogP contribution in [0.2, 0.25) is 0 Å². The van der Waals surface area contributed by atoms with E-state index in [1.807, 2.05) is 182 Å². The Morgan fingerprint density at radius 1 is 0.229 bits per heavy atom. The third-order valence-corrected chi connectivity index (χ3v) is 16.8. The second-order valence-corrected chi connectivity index (χ2v) is 18.0. The lowest BCUT2D eigenvalue weighted by Gasteiger charge is -2.38. The molecule has 240 valence electrons. The summed E-state index contributed by atoms with van der Waals surface area (Å²) in [5, 5.41) is 22.8. The van der Waals surface area contributed by atoms with Crippen LogP contribution in [0.5, 0.6) is 0 Å². The molecule has 1 aliphatic rings. The monoisotopic (exact) mass is 687 g/mol. The molecule has 7 rings (SSSR count). The maximum Gasteiger partial charge on any atom is 0.268 e. The number of benzene rings is 6. The Labute approximate surface area is 281 Å². The summed E-state index contributed by atoms with van der Waals surface area (Å²) < 4.78 is 17.1. The number of nitrogens with zero attached hydrogens (tertiary/aromatic N) is 3. The molecule has 0 radical (unpaired) electrons. The largest absolute Gasteiger partial charge is 0.319 e. The van der Waals surface area contributed by atoms with Gasteiger partial charge in [-0.1, -0.05) is 109 Å². The first-order valence-corrected chi connectivity index (χ1v) is 20.6. The summed E-state index contributed by atoms with van der Waals surface area (Å²) in [5.41, 5.74) is 5.33. The highest BCUT2D eigenvalue weighted by Crippen LogP contribution is 2.76. The van der Waals surface area contributed by atoms with E-state index in [0.717, 1.165) is 34.1 Å². The highest BCUT2D eigenvalue weighted by molar-refractivity contribution is 7.89. The molecule has 12 heteroatoms. The number of hydrogen-bond donors (Lipinski definition) is 6. The molecule has 0 aliphatic carbocycles. The summed E-state index contributed by atoms with van der Waals surface area (Å²) in [4.78, 5) is 0. The number of hydrogen-bond acceptors (Lipinski definition) is 9. The molecule has 0 amide bonds. The van der Waals surface area contributed by atoms with Crippen LogP contribution in [0.1, 0.15) is 0 Å². The normalized spacial score (nSPS) is 15.2. The maximum atomic E-state index is 5.70. The van der Waals surface area contributed by atoms with E-state index in [9.17, 15) is 0 Å². The van der Waals surface area contributed by atoms with Crippen LogP contribution in [0.25, 0.3) is 0 Å². The van der Waals surface area contributed by atoms with E-state index < -0.39 is 22.5 Å². The Balaban J connectivity index is 1.55. The van der Waals surface area contributed by atoms with Crippen LogP contribution in [-0.4, -0.2) is 0 Å². The Bertz CT molecular complexity index is 1700. The van der Waals surface area contributed by atoms with Crippen molar-refractivity contribution >= 4 is 56.6 Å². The zero-order valence-electron chi connectivity index (χ0n) is 26.0. The summed E-state index contributed by atoms with van der Waals surface area (Å²) in [5.74, 6) is 0. The molecule has 0 aromatic heterocycles. The van der Waals surface area contributed by atoms with E-state index in [4.69, 9.17) is 13.5 Å². The van der Waals surface area contributed by atoms with E-state index in [2.05, 4.69) is 30.5 Å². The minimum absolute atomic E-state index is 0.888. The summed E-state index contributed by atoms with van der Waals surface area (Å²) in [6.45, 7) is 0. The molecule has 0 spiro atoms. The first kappa shape index (κ1) is 31.4. The molecule has 1 aliphatic heterocycles. The van der Waals surface area contributed by atoms with Gasteiger partial charge < -0.3 is 30.5 Å². The van der Waals surface area contributed by atoms with Gasteiger partial charge in [-0.3, -0.25) is 0 Å². The fourth-order valence-corrected chi connectivity index (χ4v) is 16.4. The number of anilines is 6. The number of nitrogens with one attached hydrogen (secondary N) is 6. The lowest BCUT2D eigenvalue weighted by atomic mass is 10.3. The fourth-order valence-electron chi connectivity index (χ4n) is 5.12. The van der Waals surface area contributed by atoms with Gasteiger partial charge in [0.05, 0.1) is 0 Å². The van der Waals surface area contributed by atoms with Gasteiger partial charge in [0, 0.05) is 34.1 Å². The molecular formula is C36H36N9P3. The maximum absolute atomic E-state index is 5.70. The van der Waals surface area contributed by atoms with Crippen molar-refractivity contribution in [1.29, 1.82) is 0 Å². The highest BCUT2D eigenvalue weighted by Gasteiger charge is 2.39. The Hall–Kier alpha value is -5.19. The first-order valence-electron chi connectivity index (χ1n) is 15.5. The van der Waals surface area contributed by atoms with Crippen molar-refractivity contribution in [3.63, 3.8) is 0 Å². The van der Waals surface area contributed by atoms with Gasteiger partial charge in [0.2, 0.25) is 0 Å². The van der Waals surface area contributed by atoms with Gasteiger partial charge in [-0.05, 0) is 72.8 Å². The van der Waals surface area contributed by atoms with E-state index in [0.29, 0.717) is 0 Å². The molecule has 0 saturated carbocycles. The molecule has 6 aromatic rings. The van der Waals surface area contributed by atoms with Gasteiger partial charge in [0.1, 0.15) is 0 Å². The van der Waals surface area contributed by atoms with Crippen molar-refractivity contribution in [2.75, 3.05) is 30.5 Å². The van der Waals surface area contributed by atoms with Crippen LogP contribution in [-0.2, 0) is 0 Å². The van der Waals surface area contributed by atoms with E-state index >= 15 is 0 Å². The van der Waals surface area contributed by atoms with Crippen LogP contribution in [0, 0.1) is 0 Å². The predicted octanol–water partition coefficient (Wildman–Crippen LogP) is 12.5. The summed E-state index contributed by atoms with van der Waals surface area (Å²) in [6.07, 6.45) is 0. The van der Waals surface area contributed by atoms with Gasteiger partial charge in [-0.15, -0.1) is 0 Å². The molecule has 48 heavy (non-hydrogen) atoms. The molecular weight excluding hydrogens is 651 g/mol. The molecule has 0 unspecified atom stereocenters. The van der Waals surface area contributed by atoms with Gasteiger partial charge in [-0.2, -0.15) is 13.5 Å². The molecule has 0 fully saturated rings. The van der Waals surface area contributed by atoms with Crippen LogP contribution in [0.3, 0.4) is 0 Å². The SMILES string of the molecule is c1ccc(NP2(Nc3ccccc3)=NP(Nc3ccccc3)(Nc3ccccc3)=NP(Nc3ccccc3)(Nc3ccccc3)=N2)cc1. The summed E-state index contributed by atoms with van der Waals surface area (Å²) in [6, 6.07) is 60.6. The zero-order valence-corrected chi connectivity index (χ0v) is 28.7. The van der Waals surface area contributed by atoms with Crippen LogP contribution in [0.4, 0.5) is 34.1 Å². The number of para-hydroxylation sites is 6. The molecule has 9 nitrogen and oxygen atoms in total. The smallest absolute Gasteiger partial charge is 0.268 e. The van der Waals surface area contributed by atoms with Gasteiger partial charge in [0.15, 0.2) is 0 Å². The minimum Gasteiger partial charge on any atom is -0.319 e. The molecule has 1 heterocycles. The third kappa shape index (κ3) is 7.84. The average Bonchev–Trinajstić information content (AvgIpc) is 3.10. The van der Waals surface area contributed by atoms with Crippen molar-refractivity contribution < 1.29 is 0 Å². The average molecular weight is 688 g/mol. The quantitative estimate of drug-likeness (QED) is 0.0715. The zero-order chi connectivity index (χ0) is 32.5. The van der Waals surface area contributed by atoms with Crippen LogP contribution in [0.15, 0.2) is 196 Å². The lowest BCUT2D eigenvalue weighted by Crippen LogP contribution is -2.16. The Kier molecular flexibility index (Phi) is 9.35.